The van der Waals surface area contributed by atoms with E-state index in [1.807, 2.05) is 24.3 Å². The van der Waals surface area contributed by atoms with Crippen LogP contribution in [0, 0.1) is 0 Å². The van der Waals surface area contributed by atoms with Crippen LogP contribution in [0.4, 0.5) is 5.13 Å². The van der Waals surface area contributed by atoms with Crippen molar-refractivity contribution in [2.75, 3.05) is 5.01 Å². The van der Waals surface area contributed by atoms with Crippen molar-refractivity contribution in [3.05, 3.63) is 24.3 Å². The molecule has 0 fully saturated rings. The minimum Gasteiger partial charge on any atom is -0.279 e. The third-order valence-electron chi connectivity index (χ3n) is 1.98. The van der Waals surface area contributed by atoms with Crippen molar-refractivity contribution < 1.29 is 0 Å². The molecule has 1 N–H and O–H groups in total. The predicted octanol–water partition coefficient (Wildman–Crippen LogP) is 1.59. The summed E-state index contributed by atoms with van der Waals surface area (Å²) < 4.78 is 1.16. The average Bonchev–Trinajstić information content (AvgIpc) is 2.74. The van der Waals surface area contributed by atoms with Gasteiger partial charge in [-0.2, -0.15) is 0 Å². The summed E-state index contributed by atoms with van der Waals surface area (Å²) in [5, 5.41) is 10.0. The van der Waals surface area contributed by atoms with Crippen LogP contribution >= 0.6 is 11.3 Å². The number of benzene rings is 1. The lowest BCUT2D eigenvalue weighted by Crippen LogP contribution is -2.37. The molecular formula is C9H7N5S. The molecule has 1 aliphatic rings. The van der Waals surface area contributed by atoms with E-state index in [4.69, 9.17) is 0 Å². The topological polar surface area (TPSA) is 52.9 Å². The number of fused-ring (bicyclic) bond motifs is 1. The second kappa shape index (κ2) is 3.32. The van der Waals surface area contributed by atoms with Gasteiger partial charge in [0.1, 0.15) is 12.7 Å². The molecule has 0 atom stereocenters. The quantitative estimate of drug-likeness (QED) is 0.789. The summed E-state index contributed by atoms with van der Waals surface area (Å²) in [6, 6.07) is 8.02. The summed E-state index contributed by atoms with van der Waals surface area (Å²) in [7, 11) is 0. The molecule has 3 rings (SSSR count). The summed E-state index contributed by atoms with van der Waals surface area (Å²) in [5.41, 5.74) is 3.93. The van der Waals surface area contributed by atoms with Crippen LogP contribution in [0.2, 0.25) is 0 Å². The zero-order chi connectivity index (χ0) is 10.1. The van der Waals surface area contributed by atoms with E-state index in [0.29, 0.717) is 0 Å². The number of rotatable bonds is 1. The Balaban J connectivity index is 2.04. The minimum atomic E-state index is 0.853. The summed E-state index contributed by atoms with van der Waals surface area (Å²) in [6.45, 7) is 0. The number of hydrogen-bond donors (Lipinski definition) is 1. The van der Waals surface area contributed by atoms with Crippen molar-refractivity contribution in [1.29, 1.82) is 0 Å². The molecule has 0 spiro atoms. The minimum absolute atomic E-state index is 0.853. The van der Waals surface area contributed by atoms with Crippen molar-refractivity contribution in [2.24, 2.45) is 10.2 Å². The van der Waals surface area contributed by atoms with Gasteiger partial charge in [0.25, 0.3) is 0 Å². The Labute approximate surface area is 89.7 Å². The second-order valence-electron chi connectivity index (χ2n) is 2.94. The van der Waals surface area contributed by atoms with Gasteiger partial charge in [0, 0.05) is 0 Å². The van der Waals surface area contributed by atoms with Crippen LogP contribution < -0.4 is 10.4 Å². The first-order chi connectivity index (χ1) is 7.43. The molecule has 74 valence electrons. The number of thiazole rings is 1. The number of hydrogen-bond acceptors (Lipinski definition) is 6. The van der Waals surface area contributed by atoms with Gasteiger partial charge in [0.15, 0.2) is 0 Å². The lowest BCUT2D eigenvalue weighted by molar-refractivity contribution is 0.948. The standard InChI is InChI=1S/C9H7N5S/c1-2-4-8-7(3-1)13-9(15-8)14-6-11-10-5-12-14/h1-6H,(H,10,12). The Kier molecular flexibility index (Phi) is 1.85. The normalized spacial score (nSPS) is 14.5. The fraction of sp³-hybridized carbons (Fsp3) is 0. The third kappa shape index (κ3) is 1.44. The van der Waals surface area contributed by atoms with Gasteiger partial charge in [0.2, 0.25) is 5.13 Å². The first kappa shape index (κ1) is 8.37. The van der Waals surface area contributed by atoms with Crippen LogP contribution in [-0.4, -0.2) is 17.7 Å². The van der Waals surface area contributed by atoms with Crippen LogP contribution in [0.1, 0.15) is 0 Å². The van der Waals surface area contributed by atoms with Gasteiger partial charge in [-0.3, -0.25) is 5.43 Å². The molecule has 0 amide bonds. The maximum Gasteiger partial charge on any atom is 0.211 e. The molecule has 0 bridgehead atoms. The zero-order valence-corrected chi connectivity index (χ0v) is 8.48. The molecule has 1 aliphatic heterocycles. The molecule has 2 aromatic rings. The summed E-state index contributed by atoms with van der Waals surface area (Å²) in [4.78, 5) is 4.47. The molecular weight excluding hydrogens is 210 g/mol. The van der Waals surface area contributed by atoms with E-state index in [-0.39, 0.29) is 0 Å². The van der Waals surface area contributed by atoms with Gasteiger partial charge in [0.05, 0.1) is 10.2 Å². The largest absolute Gasteiger partial charge is 0.279 e. The van der Waals surface area contributed by atoms with Crippen LogP contribution in [0.5, 0.6) is 0 Å². The van der Waals surface area contributed by atoms with Gasteiger partial charge >= 0.3 is 0 Å². The van der Waals surface area contributed by atoms with E-state index >= 15 is 0 Å². The van der Waals surface area contributed by atoms with Gasteiger partial charge in [-0.25, -0.2) is 9.99 Å². The summed E-state index contributed by atoms with van der Waals surface area (Å²) in [5.74, 6) is 0. The van der Waals surface area contributed by atoms with Crippen molar-refractivity contribution in [3.63, 3.8) is 0 Å². The van der Waals surface area contributed by atoms with Gasteiger partial charge in [-0.1, -0.05) is 23.5 Å². The number of nitrogens with one attached hydrogen (secondary N) is 1. The highest BCUT2D eigenvalue weighted by Crippen LogP contribution is 2.27. The van der Waals surface area contributed by atoms with Gasteiger partial charge < -0.3 is 0 Å². The Morgan fingerprint density at radius 1 is 1.20 bits per heavy atom. The maximum atomic E-state index is 4.47. The van der Waals surface area contributed by atoms with E-state index in [2.05, 4.69) is 20.6 Å². The second-order valence-corrected chi connectivity index (χ2v) is 3.95. The molecule has 0 aliphatic carbocycles. The first-order valence-electron chi connectivity index (χ1n) is 4.39. The van der Waals surface area contributed by atoms with Crippen molar-refractivity contribution in [2.45, 2.75) is 0 Å². The van der Waals surface area contributed by atoms with E-state index in [9.17, 15) is 0 Å². The molecule has 0 saturated heterocycles. The van der Waals surface area contributed by atoms with E-state index < -0.39 is 0 Å². The lowest BCUT2D eigenvalue weighted by Gasteiger charge is -2.15. The summed E-state index contributed by atoms with van der Waals surface area (Å²) in [6.07, 6.45) is 3.11. The molecule has 0 radical (unpaired) electrons. The highest BCUT2D eigenvalue weighted by atomic mass is 32.1. The fourth-order valence-corrected chi connectivity index (χ4v) is 2.21. The molecule has 15 heavy (non-hydrogen) atoms. The lowest BCUT2D eigenvalue weighted by atomic mass is 10.3. The molecule has 2 heterocycles. The third-order valence-corrected chi connectivity index (χ3v) is 3.01. The molecule has 0 saturated carbocycles. The zero-order valence-electron chi connectivity index (χ0n) is 7.66. The highest BCUT2D eigenvalue weighted by molar-refractivity contribution is 7.22. The van der Waals surface area contributed by atoms with Crippen LogP contribution in [0.25, 0.3) is 10.2 Å². The van der Waals surface area contributed by atoms with E-state index in [1.54, 1.807) is 22.7 Å². The maximum absolute atomic E-state index is 4.47. The highest BCUT2D eigenvalue weighted by Gasteiger charge is 2.10. The summed E-state index contributed by atoms with van der Waals surface area (Å²) >= 11 is 1.60. The molecule has 1 aromatic carbocycles. The molecule has 6 heteroatoms. The average molecular weight is 217 g/mol. The van der Waals surface area contributed by atoms with Crippen LogP contribution in [0.15, 0.2) is 34.5 Å². The Morgan fingerprint density at radius 3 is 2.93 bits per heavy atom. The van der Waals surface area contributed by atoms with E-state index in [0.717, 1.165) is 15.3 Å². The number of anilines is 1. The number of hydrazine groups is 1. The first-order valence-corrected chi connectivity index (χ1v) is 5.21. The van der Waals surface area contributed by atoms with E-state index in [1.165, 1.54) is 6.34 Å². The monoisotopic (exact) mass is 217 g/mol. The fourth-order valence-electron chi connectivity index (χ4n) is 1.30. The van der Waals surface area contributed by atoms with Gasteiger partial charge in [-0.15, -0.1) is 10.2 Å². The predicted molar refractivity (Wildman–Crippen MR) is 62.2 cm³/mol. The van der Waals surface area contributed by atoms with Crippen molar-refractivity contribution >= 4 is 39.4 Å². The van der Waals surface area contributed by atoms with Crippen molar-refractivity contribution in [3.8, 4) is 0 Å². The molecule has 5 nitrogen and oxygen atoms in total. The van der Waals surface area contributed by atoms with Crippen molar-refractivity contribution in [1.82, 2.24) is 10.4 Å². The van der Waals surface area contributed by atoms with Gasteiger partial charge in [-0.05, 0) is 12.1 Å². The number of para-hydroxylation sites is 1. The SMILES string of the molecule is C1=NN=CN(c2nc3ccccc3s2)N1. The number of nitrogens with zero attached hydrogens (tertiary/aromatic N) is 4. The smallest absolute Gasteiger partial charge is 0.211 e. The Morgan fingerprint density at radius 2 is 2.13 bits per heavy atom. The van der Waals surface area contributed by atoms with Crippen LogP contribution in [-0.2, 0) is 0 Å². The Hall–Kier alpha value is -1.95. The van der Waals surface area contributed by atoms with Crippen LogP contribution in [0.3, 0.4) is 0 Å². The molecule has 1 aromatic heterocycles. The molecule has 0 unspecified atom stereocenters. The number of aromatic nitrogens is 1. The Bertz CT molecular complexity index is 511.